The van der Waals surface area contributed by atoms with Crippen LogP contribution in [-0.4, -0.2) is 33.7 Å². The fourth-order valence-corrected chi connectivity index (χ4v) is 1.31. The second kappa shape index (κ2) is 4.90. The van der Waals surface area contributed by atoms with Crippen molar-refractivity contribution in [3.63, 3.8) is 0 Å². The van der Waals surface area contributed by atoms with E-state index in [1.54, 1.807) is 45.3 Å². The number of hydrogen-bond donors (Lipinski definition) is 1. The Kier molecular flexibility index (Phi) is 3.77. The van der Waals surface area contributed by atoms with Gasteiger partial charge >= 0.3 is 0 Å². The molecule has 6 heteroatoms. The molecule has 0 radical (unpaired) electrons. The molecule has 1 aromatic rings. The van der Waals surface area contributed by atoms with Crippen molar-refractivity contribution in [2.75, 3.05) is 12.0 Å². The van der Waals surface area contributed by atoms with Gasteiger partial charge in [0.25, 0.3) is 5.91 Å². The molecule has 0 unspecified atom stereocenters. The van der Waals surface area contributed by atoms with E-state index >= 15 is 0 Å². The molecule has 0 atom stereocenters. The fourth-order valence-electron chi connectivity index (χ4n) is 1.31. The number of aromatic nitrogens is 1. The molecule has 0 spiro atoms. The molecule has 6 nitrogen and oxygen atoms in total. The Hall–Kier alpha value is -1.98. The smallest absolute Gasteiger partial charge is 0.258 e. The second-order valence-corrected chi connectivity index (χ2v) is 4.65. The molecule has 0 aliphatic carbocycles. The number of hydrogen-bond acceptors (Lipinski definition) is 3. The third kappa shape index (κ3) is 3.82. The van der Waals surface area contributed by atoms with Crippen molar-refractivity contribution < 1.29 is 14.7 Å². The Balaban J connectivity index is 2.62. The molecule has 1 N–H and O–H groups in total. The first-order valence-corrected chi connectivity index (χ1v) is 5.22. The van der Waals surface area contributed by atoms with Gasteiger partial charge in [-0.2, -0.15) is 0 Å². The highest BCUT2D eigenvalue weighted by Gasteiger charge is 2.23. The molecule has 0 aliphatic heterocycles. The summed E-state index contributed by atoms with van der Waals surface area (Å²) < 4.78 is 1.46. The lowest BCUT2D eigenvalue weighted by atomic mass is 10.1. The number of nitrogens with zero attached hydrogens (tertiary/aromatic N) is 2. The van der Waals surface area contributed by atoms with Gasteiger partial charge in [0.05, 0.1) is 0 Å². The highest BCUT2D eigenvalue weighted by Crippen LogP contribution is 2.11. The Morgan fingerprint density at radius 3 is 2.24 bits per heavy atom. The minimum atomic E-state index is -1.36. The maximum absolute atomic E-state index is 11.6. The second-order valence-electron chi connectivity index (χ2n) is 4.65. The molecule has 0 fully saturated rings. The number of carboxylic acid groups (broad SMARTS) is 1. The molecule has 2 amide bonds. The molecule has 0 bridgehead atoms. The highest BCUT2D eigenvalue weighted by molar-refractivity contribution is 5.87. The van der Waals surface area contributed by atoms with Crippen LogP contribution in [0.4, 0.5) is 4.79 Å². The zero-order valence-corrected chi connectivity index (χ0v) is 10.1. The van der Waals surface area contributed by atoms with Gasteiger partial charge in [-0.05, 0) is 32.9 Å². The molecule has 1 heterocycles. The van der Waals surface area contributed by atoms with Crippen molar-refractivity contribution in [2.24, 2.45) is 0 Å². The summed E-state index contributed by atoms with van der Waals surface area (Å²) in [5.74, 6) is -0.416. The summed E-state index contributed by atoms with van der Waals surface area (Å²) in [6.45, 7) is 4.84. The molecule has 0 saturated heterocycles. The van der Waals surface area contributed by atoms with Crippen molar-refractivity contribution in [1.29, 1.82) is 0 Å². The van der Waals surface area contributed by atoms with Gasteiger partial charge in [-0.15, -0.1) is 0 Å². The maximum Gasteiger partial charge on any atom is 0.258 e. The van der Waals surface area contributed by atoms with E-state index in [4.69, 9.17) is 0 Å². The predicted molar refractivity (Wildman–Crippen MR) is 60.7 cm³/mol. The van der Waals surface area contributed by atoms with Crippen LogP contribution >= 0.6 is 0 Å². The largest absolute Gasteiger partial charge is 0.530 e. The summed E-state index contributed by atoms with van der Waals surface area (Å²) in [7, 11) is 0. The lowest BCUT2D eigenvalue weighted by Crippen LogP contribution is -2.54. The maximum atomic E-state index is 11.6. The molecular weight excluding hydrogens is 222 g/mol. The average Bonchev–Trinajstić information content (AvgIpc) is 2.64. The minimum Gasteiger partial charge on any atom is -0.530 e. The van der Waals surface area contributed by atoms with E-state index in [0.717, 1.165) is 4.90 Å². The van der Waals surface area contributed by atoms with Crippen molar-refractivity contribution in [3.8, 4) is 0 Å². The molecular formula is C11H16N3O3-. The van der Waals surface area contributed by atoms with Crippen LogP contribution in [0.2, 0.25) is 0 Å². The van der Waals surface area contributed by atoms with Crippen LogP contribution in [0.1, 0.15) is 20.8 Å². The van der Waals surface area contributed by atoms with E-state index in [-0.39, 0.29) is 6.54 Å². The summed E-state index contributed by atoms with van der Waals surface area (Å²) in [4.78, 5) is 23.5. The van der Waals surface area contributed by atoms with Gasteiger partial charge in [-0.3, -0.25) is 14.9 Å². The van der Waals surface area contributed by atoms with Crippen LogP contribution < -0.4 is 10.5 Å². The first-order chi connectivity index (χ1) is 7.80. The summed E-state index contributed by atoms with van der Waals surface area (Å²) in [5.41, 5.74) is 1.85. The average molecular weight is 238 g/mol. The molecule has 1 rings (SSSR count). The van der Waals surface area contributed by atoms with Gasteiger partial charge in [0, 0.05) is 17.9 Å². The summed E-state index contributed by atoms with van der Waals surface area (Å²) >= 11 is 0. The first kappa shape index (κ1) is 13.1. The van der Waals surface area contributed by atoms with E-state index in [9.17, 15) is 14.7 Å². The van der Waals surface area contributed by atoms with E-state index in [0.29, 0.717) is 0 Å². The fraction of sp³-hybridized carbons (Fsp3) is 0.455. The number of nitrogens with one attached hydrogen (secondary N) is 1. The van der Waals surface area contributed by atoms with Gasteiger partial charge in [0.15, 0.2) is 0 Å². The standard InChI is InChI=1S/C11H17N3O3/c1-11(2,3)14(10(16)17)8-9(15)12-13-6-4-5-7-13/h4-7H,8H2,1-3H3,(H,12,15)(H,16,17)/p-1. The SMILES string of the molecule is CC(C)(C)N(CC(=O)Nn1cccc1)C(=O)[O-]. The van der Waals surface area contributed by atoms with Crippen LogP contribution in [-0.2, 0) is 4.79 Å². The number of rotatable bonds is 3. The normalized spacial score (nSPS) is 11.0. The van der Waals surface area contributed by atoms with Crippen LogP contribution in [0.15, 0.2) is 24.5 Å². The van der Waals surface area contributed by atoms with Crippen LogP contribution in [0.25, 0.3) is 0 Å². The quantitative estimate of drug-likeness (QED) is 0.805. The lowest BCUT2D eigenvalue weighted by Gasteiger charge is -2.37. The van der Waals surface area contributed by atoms with Crippen molar-refractivity contribution >= 4 is 12.0 Å². The first-order valence-electron chi connectivity index (χ1n) is 5.22. The van der Waals surface area contributed by atoms with Crippen molar-refractivity contribution in [1.82, 2.24) is 9.58 Å². The van der Waals surface area contributed by atoms with Gasteiger partial charge < -0.3 is 14.8 Å². The van der Waals surface area contributed by atoms with Crippen LogP contribution in [0, 0.1) is 0 Å². The molecule has 0 aliphatic rings. The van der Waals surface area contributed by atoms with Gasteiger partial charge in [0.2, 0.25) is 0 Å². The van der Waals surface area contributed by atoms with E-state index in [1.807, 2.05) is 0 Å². The van der Waals surface area contributed by atoms with Gasteiger partial charge in [-0.25, -0.2) is 0 Å². The van der Waals surface area contributed by atoms with Crippen molar-refractivity contribution in [2.45, 2.75) is 26.3 Å². The third-order valence-electron chi connectivity index (χ3n) is 2.19. The number of carbonyl (C=O) groups excluding carboxylic acids is 2. The summed E-state index contributed by atoms with van der Waals surface area (Å²) in [6.07, 6.45) is 1.94. The monoisotopic (exact) mass is 238 g/mol. The Labute approximate surface area is 99.8 Å². The highest BCUT2D eigenvalue weighted by atomic mass is 16.4. The lowest BCUT2D eigenvalue weighted by molar-refractivity contribution is -0.270. The van der Waals surface area contributed by atoms with Crippen LogP contribution in [0.3, 0.4) is 0 Å². The summed E-state index contributed by atoms with van der Waals surface area (Å²) in [5, 5.41) is 10.9. The van der Waals surface area contributed by atoms with E-state index in [1.165, 1.54) is 4.68 Å². The molecule has 0 aromatic carbocycles. The zero-order valence-electron chi connectivity index (χ0n) is 10.1. The number of carbonyl (C=O) groups is 2. The summed E-state index contributed by atoms with van der Waals surface area (Å²) in [6, 6.07) is 3.50. The molecule has 1 aromatic heterocycles. The van der Waals surface area contributed by atoms with Gasteiger partial charge in [0.1, 0.15) is 12.6 Å². The molecule has 0 saturated carbocycles. The molecule has 94 valence electrons. The third-order valence-corrected chi connectivity index (χ3v) is 2.19. The van der Waals surface area contributed by atoms with E-state index in [2.05, 4.69) is 5.43 Å². The Bertz CT molecular complexity index is 393. The Morgan fingerprint density at radius 2 is 1.82 bits per heavy atom. The van der Waals surface area contributed by atoms with Crippen molar-refractivity contribution in [3.05, 3.63) is 24.5 Å². The zero-order chi connectivity index (χ0) is 13.1. The Morgan fingerprint density at radius 1 is 1.29 bits per heavy atom. The van der Waals surface area contributed by atoms with Gasteiger partial charge in [-0.1, -0.05) is 0 Å². The van der Waals surface area contributed by atoms with E-state index < -0.39 is 17.5 Å². The predicted octanol–water partition coefficient (Wildman–Crippen LogP) is 0.00200. The number of amides is 2. The minimum absolute atomic E-state index is 0.260. The molecule has 17 heavy (non-hydrogen) atoms. The topological polar surface area (TPSA) is 77.4 Å². The van der Waals surface area contributed by atoms with Crippen LogP contribution in [0.5, 0.6) is 0 Å².